The SMILES string of the molecule is N#CC1(COCC2CCC2)CCC1. The molecule has 0 aliphatic heterocycles. The average molecular weight is 179 g/mol. The summed E-state index contributed by atoms with van der Waals surface area (Å²) in [5.74, 6) is 0.802. The molecular formula is C11H17NO. The standard InChI is InChI=1S/C11H17NO/c12-8-11(5-2-6-11)9-13-7-10-3-1-4-10/h10H,1-7,9H2. The second-order valence-electron chi connectivity index (χ2n) is 4.56. The molecule has 2 aliphatic carbocycles. The Morgan fingerprint density at radius 2 is 2.08 bits per heavy atom. The van der Waals surface area contributed by atoms with Crippen LogP contribution in [0.15, 0.2) is 0 Å². The predicted molar refractivity (Wildman–Crippen MR) is 50.1 cm³/mol. The van der Waals surface area contributed by atoms with Gasteiger partial charge in [-0.25, -0.2) is 0 Å². The second-order valence-corrected chi connectivity index (χ2v) is 4.56. The lowest BCUT2D eigenvalue weighted by atomic mass is 9.71. The van der Waals surface area contributed by atoms with E-state index in [4.69, 9.17) is 10.00 Å². The molecule has 2 saturated carbocycles. The van der Waals surface area contributed by atoms with Gasteiger partial charge in [0.05, 0.1) is 18.1 Å². The number of hydrogen-bond acceptors (Lipinski definition) is 2. The molecule has 0 spiro atoms. The van der Waals surface area contributed by atoms with Crippen LogP contribution < -0.4 is 0 Å². The van der Waals surface area contributed by atoms with Crippen molar-refractivity contribution in [2.45, 2.75) is 38.5 Å². The lowest BCUT2D eigenvalue weighted by molar-refractivity contribution is 0.00112. The fourth-order valence-electron chi connectivity index (χ4n) is 1.97. The molecule has 2 fully saturated rings. The minimum Gasteiger partial charge on any atom is -0.380 e. The summed E-state index contributed by atoms with van der Waals surface area (Å²) in [5, 5.41) is 8.94. The number of ether oxygens (including phenoxy) is 1. The maximum atomic E-state index is 8.94. The van der Waals surface area contributed by atoms with Crippen molar-refractivity contribution in [2.75, 3.05) is 13.2 Å². The highest BCUT2D eigenvalue weighted by Crippen LogP contribution is 2.40. The first-order valence-electron chi connectivity index (χ1n) is 5.34. The van der Waals surface area contributed by atoms with Crippen molar-refractivity contribution in [3.63, 3.8) is 0 Å². The lowest BCUT2D eigenvalue weighted by Crippen LogP contribution is -2.34. The van der Waals surface area contributed by atoms with Crippen LogP contribution in [0, 0.1) is 22.7 Å². The quantitative estimate of drug-likeness (QED) is 0.664. The Labute approximate surface area is 79.9 Å². The van der Waals surface area contributed by atoms with Gasteiger partial charge < -0.3 is 4.74 Å². The molecule has 72 valence electrons. The molecule has 13 heavy (non-hydrogen) atoms. The van der Waals surface area contributed by atoms with Gasteiger partial charge in [0.25, 0.3) is 0 Å². The van der Waals surface area contributed by atoms with Gasteiger partial charge in [0.2, 0.25) is 0 Å². The van der Waals surface area contributed by atoms with E-state index in [1.54, 1.807) is 0 Å². The molecule has 0 unspecified atom stereocenters. The van der Waals surface area contributed by atoms with Crippen molar-refractivity contribution in [2.24, 2.45) is 11.3 Å². The van der Waals surface area contributed by atoms with E-state index in [1.807, 2.05) is 0 Å². The highest BCUT2D eigenvalue weighted by atomic mass is 16.5. The number of rotatable bonds is 4. The molecule has 0 amide bonds. The van der Waals surface area contributed by atoms with E-state index in [-0.39, 0.29) is 5.41 Å². The molecular weight excluding hydrogens is 162 g/mol. The predicted octanol–water partition coefficient (Wildman–Crippen LogP) is 2.50. The monoisotopic (exact) mass is 179 g/mol. The molecule has 0 bridgehead atoms. The van der Waals surface area contributed by atoms with E-state index in [9.17, 15) is 0 Å². The largest absolute Gasteiger partial charge is 0.380 e. The normalized spacial score (nSPS) is 25.8. The fourth-order valence-corrected chi connectivity index (χ4v) is 1.97. The van der Waals surface area contributed by atoms with Crippen LogP contribution in [0.1, 0.15) is 38.5 Å². The summed E-state index contributed by atoms with van der Waals surface area (Å²) in [5.41, 5.74) is -0.0935. The number of nitriles is 1. The topological polar surface area (TPSA) is 33.0 Å². The van der Waals surface area contributed by atoms with Gasteiger partial charge in [-0.05, 0) is 31.6 Å². The third-order valence-corrected chi connectivity index (χ3v) is 3.50. The third-order valence-electron chi connectivity index (χ3n) is 3.50. The minimum atomic E-state index is -0.0935. The van der Waals surface area contributed by atoms with E-state index in [0.717, 1.165) is 25.4 Å². The molecule has 2 heteroatoms. The van der Waals surface area contributed by atoms with Crippen LogP contribution in [0.3, 0.4) is 0 Å². The Bertz CT molecular complexity index is 211. The number of nitrogens with zero attached hydrogens (tertiary/aromatic N) is 1. The van der Waals surface area contributed by atoms with E-state index >= 15 is 0 Å². The van der Waals surface area contributed by atoms with Gasteiger partial charge in [-0.1, -0.05) is 12.8 Å². The van der Waals surface area contributed by atoms with Crippen molar-refractivity contribution >= 4 is 0 Å². The molecule has 2 nitrogen and oxygen atoms in total. The molecule has 0 aromatic rings. The summed E-state index contributed by atoms with van der Waals surface area (Å²) >= 11 is 0. The second kappa shape index (κ2) is 3.67. The van der Waals surface area contributed by atoms with Crippen molar-refractivity contribution in [3.8, 4) is 6.07 Å². The summed E-state index contributed by atoms with van der Waals surface area (Å²) in [6.07, 6.45) is 7.35. The van der Waals surface area contributed by atoms with Gasteiger partial charge in [-0.2, -0.15) is 5.26 Å². The smallest absolute Gasteiger partial charge is 0.0807 e. The minimum absolute atomic E-state index is 0.0935. The first kappa shape index (κ1) is 9.02. The van der Waals surface area contributed by atoms with Gasteiger partial charge >= 0.3 is 0 Å². The lowest BCUT2D eigenvalue weighted by Gasteiger charge is -2.35. The first-order valence-corrected chi connectivity index (χ1v) is 5.34. The van der Waals surface area contributed by atoms with E-state index < -0.39 is 0 Å². The van der Waals surface area contributed by atoms with Gasteiger partial charge in [0.15, 0.2) is 0 Å². The van der Waals surface area contributed by atoms with Crippen LogP contribution in [0.5, 0.6) is 0 Å². The van der Waals surface area contributed by atoms with E-state index in [0.29, 0.717) is 6.61 Å². The third kappa shape index (κ3) is 1.86. The maximum absolute atomic E-state index is 8.94. The summed E-state index contributed by atoms with van der Waals surface area (Å²) < 4.78 is 5.61. The Hall–Kier alpha value is -0.550. The Balaban J connectivity index is 1.63. The molecule has 0 heterocycles. The van der Waals surface area contributed by atoms with Crippen molar-refractivity contribution in [1.82, 2.24) is 0 Å². The molecule has 0 saturated heterocycles. The van der Waals surface area contributed by atoms with Crippen molar-refractivity contribution in [1.29, 1.82) is 5.26 Å². The molecule has 0 aromatic heterocycles. The Kier molecular flexibility index (Phi) is 2.55. The van der Waals surface area contributed by atoms with E-state index in [1.165, 1.54) is 25.7 Å². The Morgan fingerprint density at radius 1 is 1.31 bits per heavy atom. The highest BCUT2D eigenvalue weighted by molar-refractivity contribution is 5.04. The van der Waals surface area contributed by atoms with Gasteiger partial charge in [0, 0.05) is 6.61 Å². The van der Waals surface area contributed by atoms with Gasteiger partial charge in [-0.15, -0.1) is 0 Å². The van der Waals surface area contributed by atoms with Crippen LogP contribution >= 0.6 is 0 Å². The van der Waals surface area contributed by atoms with Crippen molar-refractivity contribution in [3.05, 3.63) is 0 Å². The molecule has 0 radical (unpaired) electrons. The van der Waals surface area contributed by atoms with E-state index in [2.05, 4.69) is 6.07 Å². The highest BCUT2D eigenvalue weighted by Gasteiger charge is 2.37. The first-order chi connectivity index (χ1) is 6.35. The van der Waals surface area contributed by atoms with Crippen LogP contribution in [0.25, 0.3) is 0 Å². The number of hydrogen-bond donors (Lipinski definition) is 0. The van der Waals surface area contributed by atoms with Gasteiger partial charge in [-0.3, -0.25) is 0 Å². The molecule has 0 aromatic carbocycles. The zero-order valence-electron chi connectivity index (χ0n) is 8.09. The summed E-state index contributed by atoms with van der Waals surface area (Å²) in [6, 6.07) is 2.40. The zero-order valence-corrected chi connectivity index (χ0v) is 8.09. The molecule has 0 N–H and O–H groups in total. The molecule has 0 atom stereocenters. The van der Waals surface area contributed by atoms with Crippen LogP contribution in [-0.4, -0.2) is 13.2 Å². The summed E-state index contributed by atoms with van der Waals surface area (Å²) in [4.78, 5) is 0. The fraction of sp³-hybridized carbons (Fsp3) is 0.909. The Morgan fingerprint density at radius 3 is 2.46 bits per heavy atom. The molecule has 2 rings (SSSR count). The van der Waals surface area contributed by atoms with Crippen LogP contribution in [0.2, 0.25) is 0 Å². The van der Waals surface area contributed by atoms with Crippen LogP contribution in [-0.2, 0) is 4.74 Å². The zero-order chi connectivity index (χ0) is 9.15. The molecule has 2 aliphatic rings. The van der Waals surface area contributed by atoms with Crippen LogP contribution in [0.4, 0.5) is 0 Å². The van der Waals surface area contributed by atoms with Crippen molar-refractivity contribution < 1.29 is 4.74 Å². The average Bonchev–Trinajstić information content (AvgIpc) is 1.99. The summed E-state index contributed by atoms with van der Waals surface area (Å²) in [6.45, 7) is 1.57. The maximum Gasteiger partial charge on any atom is 0.0807 e. The summed E-state index contributed by atoms with van der Waals surface area (Å²) in [7, 11) is 0. The van der Waals surface area contributed by atoms with Gasteiger partial charge in [0.1, 0.15) is 0 Å².